The number of rotatable bonds is 1. The SMILES string of the molecule is N#Cc1sc(N2CCCCCC2)cc1N. The highest BCUT2D eigenvalue weighted by atomic mass is 32.1. The highest BCUT2D eigenvalue weighted by molar-refractivity contribution is 7.17. The van der Waals surface area contributed by atoms with E-state index in [1.54, 1.807) is 0 Å². The number of hydrogen-bond donors (Lipinski definition) is 1. The molecular weight excluding hydrogens is 206 g/mol. The first-order valence-electron chi connectivity index (χ1n) is 5.35. The van der Waals surface area contributed by atoms with Gasteiger partial charge >= 0.3 is 0 Å². The molecule has 0 spiro atoms. The van der Waals surface area contributed by atoms with Crippen LogP contribution >= 0.6 is 11.3 Å². The van der Waals surface area contributed by atoms with Crippen LogP contribution in [0.3, 0.4) is 0 Å². The van der Waals surface area contributed by atoms with Gasteiger partial charge in [-0.25, -0.2) is 0 Å². The number of nitrogen functional groups attached to an aromatic ring is 1. The quantitative estimate of drug-likeness (QED) is 0.793. The Kier molecular flexibility index (Phi) is 3.12. The van der Waals surface area contributed by atoms with Crippen LogP contribution in [-0.4, -0.2) is 13.1 Å². The van der Waals surface area contributed by atoms with E-state index in [2.05, 4.69) is 11.0 Å². The van der Waals surface area contributed by atoms with Gasteiger partial charge in [0.2, 0.25) is 0 Å². The third-order valence-corrected chi connectivity index (χ3v) is 3.88. The maximum Gasteiger partial charge on any atom is 0.129 e. The molecule has 2 N–H and O–H groups in total. The predicted octanol–water partition coefficient (Wildman–Crippen LogP) is 2.58. The van der Waals surface area contributed by atoms with E-state index in [-0.39, 0.29) is 0 Å². The van der Waals surface area contributed by atoms with Crippen LogP contribution in [0.15, 0.2) is 6.07 Å². The number of nitriles is 1. The molecule has 1 saturated heterocycles. The molecule has 0 bridgehead atoms. The molecule has 4 heteroatoms. The van der Waals surface area contributed by atoms with Crippen LogP contribution in [0.2, 0.25) is 0 Å². The molecule has 0 aliphatic carbocycles. The molecule has 0 unspecified atom stereocenters. The van der Waals surface area contributed by atoms with Crippen LogP contribution in [0.4, 0.5) is 10.7 Å². The third kappa shape index (κ3) is 2.24. The summed E-state index contributed by atoms with van der Waals surface area (Å²) in [4.78, 5) is 3.00. The lowest BCUT2D eigenvalue weighted by molar-refractivity contribution is 0.726. The van der Waals surface area contributed by atoms with Gasteiger partial charge in [-0.1, -0.05) is 12.8 Å². The fraction of sp³-hybridized carbons (Fsp3) is 0.545. The Morgan fingerprint density at radius 1 is 1.27 bits per heavy atom. The average molecular weight is 221 g/mol. The molecule has 1 fully saturated rings. The first kappa shape index (κ1) is 10.3. The van der Waals surface area contributed by atoms with Crippen LogP contribution in [0, 0.1) is 11.3 Å². The van der Waals surface area contributed by atoms with E-state index in [4.69, 9.17) is 11.0 Å². The van der Waals surface area contributed by atoms with E-state index < -0.39 is 0 Å². The molecule has 1 aromatic rings. The smallest absolute Gasteiger partial charge is 0.129 e. The molecule has 80 valence electrons. The minimum Gasteiger partial charge on any atom is -0.397 e. The van der Waals surface area contributed by atoms with Gasteiger partial charge in [-0.2, -0.15) is 5.26 Å². The summed E-state index contributed by atoms with van der Waals surface area (Å²) < 4.78 is 0. The first-order chi connectivity index (χ1) is 7.31. The zero-order valence-corrected chi connectivity index (χ0v) is 9.52. The lowest BCUT2D eigenvalue weighted by Crippen LogP contribution is -2.22. The van der Waals surface area contributed by atoms with Gasteiger partial charge in [0.25, 0.3) is 0 Å². The van der Waals surface area contributed by atoms with Crippen LogP contribution in [-0.2, 0) is 0 Å². The second-order valence-corrected chi connectivity index (χ2v) is 4.91. The molecule has 0 amide bonds. The number of anilines is 2. The summed E-state index contributed by atoms with van der Waals surface area (Å²) >= 11 is 1.52. The Bertz CT molecular complexity index is 370. The second-order valence-electron chi connectivity index (χ2n) is 3.88. The van der Waals surface area contributed by atoms with E-state index in [0.717, 1.165) is 18.1 Å². The molecule has 3 nitrogen and oxygen atoms in total. The van der Waals surface area contributed by atoms with Gasteiger partial charge < -0.3 is 10.6 Å². The summed E-state index contributed by atoms with van der Waals surface area (Å²) in [5.41, 5.74) is 6.39. The highest BCUT2D eigenvalue weighted by Crippen LogP contribution is 2.32. The molecule has 0 radical (unpaired) electrons. The topological polar surface area (TPSA) is 53.0 Å². The van der Waals surface area contributed by atoms with Gasteiger partial charge in [-0.05, 0) is 18.9 Å². The fourth-order valence-corrected chi connectivity index (χ4v) is 2.85. The molecule has 1 aliphatic rings. The van der Waals surface area contributed by atoms with E-state index in [1.165, 1.54) is 37.0 Å². The standard InChI is InChI=1S/C11H15N3S/c12-8-10-9(13)7-11(15-10)14-5-3-1-2-4-6-14/h7H,1-6,13H2. The molecule has 0 saturated carbocycles. The molecule has 0 aromatic carbocycles. The van der Waals surface area contributed by atoms with Crippen LogP contribution in [0.25, 0.3) is 0 Å². The average Bonchev–Trinajstić information content (AvgIpc) is 2.48. The van der Waals surface area contributed by atoms with Crippen molar-refractivity contribution in [3.8, 4) is 6.07 Å². The number of nitrogens with two attached hydrogens (primary N) is 1. The summed E-state index contributed by atoms with van der Waals surface area (Å²) in [5.74, 6) is 0. The summed E-state index contributed by atoms with van der Waals surface area (Å²) in [6.45, 7) is 2.20. The molecule has 1 aromatic heterocycles. The third-order valence-electron chi connectivity index (χ3n) is 2.77. The Morgan fingerprint density at radius 2 is 1.93 bits per heavy atom. The lowest BCUT2D eigenvalue weighted by atomic mass is 10.2. The highest BCUT2D eigenvalue weighted by Gasteiger charge is 2.14. The van der Waals surface area contributed by atoms with E-state index in [9.17, 15) is 0 Å². The van der Waals surface area contributed by atoms with Crippen molar-refractivity contribution >= 4 is 22.0 Å². The van der Waals surface area contributed by atoms with Gasteiger partial charge in [-0.15, -0.1) is 11.3 Å². The Hall–Kier alpha value is -1.21. The molecular formula is C11H15N3S. The van der Waals surface area contributed by atoms with Gasteiger partial charge in [0.15, 0.2) is 0 Å². The van der Waals surface area contributed by atoms with Crippen molar-refractivity contribution in [2.24, 2.45) is 0 Å². The molecule has 15 heavy (non-hydrogen) atoms. The molecule has 1 aliphatic heterocycles. The van der Waals surface area contributed by atoms with Gasteiger partial charge in [0.05, 0.1) is 10.7 Å². The van der Waals surface area contributed by atoms with Crippen molar-refractivity contribution in [3.63, 3.8) is 0 Å². The van der Waals surface area contributed by atoms with E-state index in [1.807, 2.05) is 6.07 Å². The van der Waals surface area contributed by atoms with Crippen LogP contribution in [0.5, 0.6) is 0 Å². The Labute approximate surface area is 94.1 Å². The Balaban J connectivity index is 2.17. The zero-order chi connectivity index (χ0) is 10.7. The lowest BCUT2D eigenvalue weighted by Gasteiger charge is -2.19. The van der Waals surface area contributed by atoms with Crippen molar-refractivity contribution in [2.45, 2.75) is 25.7 Å². The molecule has 2 rings (SSSR count). The zero-order valence-electron chi connectivity index (χ0n) is 8.70. The maximum absolute atomic E-state index is 8.85. The van der Waals surface area contributed by atoms with E-state index in [0.29, 0.717) is 10.6 Å². The van der Waals surface area contributed by atoms with Gasteiger partial charge in [0.1, 0.15) is 10.9 Å². The van der Waals surface area contributed by atoms with Crippen LogP contribution < -0.4 is 10.6 Å². The number of thiophene rings is 1. The minimum atomic E-state index is 0.627. The number of hydrogen-bond acceptors (Lipinski definition) is 4. The van der Waals surface area contributed by atoms with Crippen molar-refractivity contribution in [3.05, 3.63) is 10.9 Å². The van der Waals surface area contributed by atoms with E-state index >= 15 is 0 Å². The largest absolute Gasteiger partial charge is 0.397 e. The minimum absolute atomic E-state index is 0.627. The number of nitrogens with zero attached hydrogens (tertiary/aromatic N) is 2. The van der Waals surface area contributed by atoms with Gasteiger partial charge in [-0.3, -0.25) is 0 Å². The van der Waals surface area contributed by atoms with Crippen molar-refractivity contribution in [1.29, 1.82) is 5.26 Å². The molecule has 0 atom stereocenters. The summed E-state index contributed by atoms with van der Waals surface area (Å²) in [5, 5.41) is 10.0. The van der Waals surface area contributed by atoms with Crippen molar-refractivity contribution in [2.75, 3.05) is 23.7 Å². The fourth-order valence-electron chi connectivity index (χ4n) is 1.93. The van der Waals surface area contributed by atoms with Crippen molar-refractivity contribution < 1.29 is 0 Å². The van der Waals surface area contributed by atoms with Crippen LogP contribution in [0.1, 0.15) is 30.6 Å². The monoisotopic (exact) mass is 221 g/mol. The second kappa shape index (κ2) is 4.54. The summed E-state index contributed by atoms with van der Waals surface area (Å²) in [6, 6.07) is 4.08. The normalized spacial score (nSPS) is 17.1. The first-order valence-corrected chi connectivity index (χ1v) is 6.17. The predicted molar refractivity (Wildman–Crippen MR) is 64.1 cm³/mol. The van der Waals surface area contributed by atoms with Crippen molar-refractivity contribution in [1.82, 2.24) is 0 Å². The van der Waals surface area contributed by atoms with Gasteiger partial charge in [0, 0.05) is 13.1 Å². The summed E-state index contributed by atoms with van der Waals surface area (Å²) in [7, 11) is 0. The Morgan fingerprint density at radius 3 is 2.47 bits per heavy atom. The maximum atomic E-state index is 8.85. The molecule has 2 heterocycles. The summed E-state index contributed by atoms with van der Waals surface area (Å²) in [6.07, 6.45) is 5.14.